The van der Waals surface area contributed by atoms with Crippen molar-refractivity contribution in [1.82, 2.24) is 15.4 Å². The van der Waals surface area contributed by atoms with E-state index >= 15 is 0 Å². The molecule has 0 unspecified atom stereocenters. The number of hydroxylamine groups is 1. The third kappa shape index (κ3) is 4.13. The highest BCUT2D eigenvalue weighted by atomic mass is 16.5. The molecule has 148 valence electrons. The fourth-order valence-electron chi connectivity index (χ4n) is 3.95. The van der Waals surface area contributed by atoms with Crippen LogP contribution in [-0.2, 0) is 11.3 Å². The molecule has 3 N–H and O–H groups in total. The van der Waals surface area contributed by atoms with Crippen LogP contribution in [0.1, 0.15) is 34.3 Å². The zero-order chi connectivity index (χ0) is 20.2. The molecule has 6 heteroatoms. The number of ketones is 1. The number of Topliss-reactive ketones (excluding diaryl/α,β-unsaturated/α-hetero) is 1. The molecule has 2 heterocycles. The van der Waals surface area contributed by atoms with Gasteiger partial charge in [0.2, 0.25) is 0 Å². The van der Waals surface area contributed by atoms with Gasteiger partial charge in [-0.1, -0.05) is 42.5 Å². The normalized spacial score (nSPS) is 17.2. The molecule has 0 saturated carbocycles. The summed E-state index contributed by atoms with van der Waals surface area (Å²) in [4.78, 5) is 29.7. The molecule has 1 aromatic heterocycles. The summed E-state index contributed by atoms with van der Waals surface area (Å²) < 4.78 is 0. The lowest BCUT2D eigenvalue weighted by Crippen LogP contribution is -2.35. The van der Waals surface area contributed by atoms with Gasteiger partial charge in [-0.25, -0.2) is 5.48 Å². The van der Waals surface area contributed by atoms with Crippen LogP contribution >= 0.6 is 0 Å². The molecule has 1 amide bonds. The lowest BCUT2D eigenvalue weighted by Gasteiger charge is -2.23. The number of H-pyrrole nitrogens is 1. The fraction of sp³-hybridized carbons (Fsp3) is 0.217. The first kappa shape index (κ1) is 19.1. The van der Waals surface area contributed by atoms with Crippen molar-refractivity contribution >= 4 is 28.7 Å². The Kier molecular flexibility index (Phi) is 5.55. The van der Waals surface area contributed by atoms with Crippen LogP contribution in [0, 0.1) is 0 Å². The number of nitrogens with one attached hydrogen (secondary N) is 2. The average Bonchev–Trinajstić information content (AvgIpc) is 3.39. The van der Waals surface area contributed by atoms with Crippen molar-refractivity contribution in [3.8, 4) is 0 Å². The van der Waals surface area contributed by atoms with Gasteiger partial charge in [-0.15, -0.1) is 0 Å². The molecule has 4 rings (SSSR count). The number of nitrogens with zero attached hydrogens (tertiary/aromatic N) is 1. The quantitative estimate of drug-likeness (QED) is 0.261. The second-order valence-corrected chi connectivity index (χ2v) is 7.29. The van der Waals surface area contributed by atoms with E-state index in [1.54, 1.807) is 11.6 Å². The van der Waals surface area contributed by atoms with Crippen molar-refractivity contribution in [3.05, 3.63) is 77.5 Å². The summed E-state index contributed by atoms with van der Waals surface area (Å²) in [7, 11) is 0. The lowest BCUT2D eigenvalue weighted by atomic mass is 10.0. The molecule has 1 aliphatic rings. The summed E-state index contributed by atoms with van der Waals surface area (Å²) in [5.41, 5.74) is 5.30. The standard InChI is InChI=1S/C23H23N3O3/c27-22(25-29)12-11-16-7-9-17(10-8-16)15-26-13-3-6-21(26)23(28)19-14-24-20-5-2-1-4-18(19)20/h1-2,4-5,7-12,14,21,24,29H,3,6,13,15H2,(H,25,27)/b12-11+/t21-/m0/s1. The Morgan fingerprint density at radius 1 is 1.17 bits per heavy atom. The monoisotopic (exact) mass is 389 g/mol. The number of rotatable bonds is 6. The summed E-state index contributed by atoms with van der Waals surface area (Å²) in [6.07, 6.45) is 6.61. The average molecular weight is 389 g/mol. The third-order valence-electron chi connectivity index (χ3n) is 5.42. The SMILES string of the molecule is O=C(/C=C/c1ccc(CN2CCC[C@H]2C(=O)c2c[nH]c3ccccc23)cc1)NO. The van der Waals surface area contributed by atoms with Crippen LogP contribution in [0.5, 0.6) is 0 Å². The number of benzene rings is 2. The van der Waals surface area contributed by atoms with Gasteiger partial charge >= 0.3 is 0 Å². The molecule has 29 heavy (non-hydrogen) atoms. The van der Waals surface area contributed by atoms with Gasteiger partial charge in [0.1, 0.15) is 0 Å². The van der Waals surface area contributed by atoms with Crippen molar-refractivity contribution in [1.29, 1.82) is 0 Å². The van der Waals surface area contributed by atoms with Crippen molar-refractivity contribution in [2.24, 2.45) is 0 Å². The minimum atomic E-state index is -0.565. The second-order valence-electron chi connectivity index (χ2n) is 7.29. The number of likely N-dealkylation sites (tertiary alicyclic amines) is 1. The molecule has 0 radical (unpaired) electrons. The molecule has 0 spiro atoms. The van der Waals surface area contributed by atoms with Gasteiger partial charge in [-0.05, 0) is 42.7 Å². The fourth-order valence-corrected chi connectivity index (χ4v) is 3.95. The number of hydrogen-bond acceptors (Lipinski definition) is 4. The van der Waals surface area contributed by atoms with Crippen molar-refractivity contribution in [2.45, 2.75) is 25.4 Å². The highest BCUT2D eigenvalue weighted by Crippen LogP contribution is 2.27. The van der Waals surface area contributed by atoms with Crippen LogP contribution in [0.15, 0.2) is 60.8 Å². The zero-order valence-electron chi connectivity index (χ0n) is 16.0. The Hall–Kier alpha value is -3.22. The summed E-state index contributed by atoms with van der Waals surface area (Å²) in [5.74, 6) is -0.390. The molecular weight excluding hydrogens is 366 g/mol. The van der Waals surface area contributed by atoms with E-state index in [4.69, 9.17) is 5.21 Å². The lowest BCUT2D eigenvalue weighted by molar-refractivity contribution is -0.124. The van der Waals surface area contributed by atoms with E-state index in [0.29, 0.717) is 6.54 Å². The van der Waals surface area contributed by atoms with E-state index in [9.17, 15) is 9.59 Å². The molecule has 1 atom stereocenters. The molecule has 1 saturated heterocycles. The van der Waals surface area contributed by atoms with Crippen molar-refractivity contribution in [2.75, 3.05) is 6.54 Å². The van der Waals surface area contributed by atoms with Crippen LogP contribution in [0.2, 0.25) is 0 Å². The number of aromatic nitrogens is 1. The number of carbonyl (C=O) groups is 2. The molecule has 0 bridgehead atoms. The van der Waals surface area contributed by atoms with E-state index in [1.807, 2.05) is 54.7 Å². The van der Waals surface area contributed by atoms with Crippen LogP contribution in [0.4, 0.5) is 0 Å². The molecule has 0 aliphatic carbocycles. The highest BCUT2D eigenvalue weighted by molar-refractivity contribution is 6.10. The Morgan fingerprint density at radius 2 is 1.97 bits per heavy atom. The Bertz CT molecular complexity index is 1050. The topological polar surface area (TPSA) is 85.4 Å². The third-order valence-corrected chi connectivity index (χ3v) is 5.42. The molecule has 1 fully saturated rings. The molecule has 2 aromatic carbocycles. The first-order valence-electron chi connectivity index (χ1n) is 9.71. The smallest absolute Gasteiger partial charge is 0.267 e. The van der Waals surface area contributed by atoms with Gasteiger partial charge in [0.15, 0.2) is 5.78 Å². The van der Waals surface area contributed by atoms with Gasteiger partial charge in [0, 0.05) is 35.3 Å². The number of carbonyl (C=O) groups excluding carboxylic acids is 2. The Balaban J connectivity index is 1.47. The van der Waals surface area contributed by atoms with Gasteiger partial charge in [0.05, 0.1) is 6.04 Å². The Labute approximate surface area is 168 Å². The summed E-state index contributed by atoms with van der Waals surface area (Å²) >= 11 is 0. The maximum absolute atomic E-state index is 13.2. The van der Waals surface area contributed by atoms with E-state index < -0.39 is 5.91 Å². The number of fused-ring (bicyclic) bond motifs is 1. The Morgan fingerprint density at radius 3 is 2.76 bits per heavy atom. The maximum Gasteiger partial charge on any atom is 0.267 e. The summed E-state index contributed by atoms with van der Waals surface area (Å²) in [5, 5.41) is 9.51. The summed E-state index contributed by atoms with van der Waals surface area (Å²) in [6, 6.07) is 15.6. The van der Waals surface area contributed by atoms with Crippen LogP contribution in [-0.4, -0.2) is 39.4 Å². The van der Waals surface area contributed by atoms with E-state index in [-0.39, 0.29) is 11.8 Å². The first-order chi connectivity index (χ1) is 14.2. The van der Waals surface area contributed by atoms with Crippen LogP contribution in [0.25, 0.3) is 17.0 Å². The minimum Gasteiger partial charge on any atom is -0.360 e. The minimum absolute atomic E-state index is 0.109. The molecule has 3 aromatic rings. The van der Waals surface area contributed by atoms with Crippen molar-refractivity contribution in [3.63, 3.8) is 0 Å². The zero-order valence-corrected chi connectivity index (χ0v) is 16.0. The largest absolute Gasteiger partial charge is 0.360 e. The van der Waals surface area contributed by atoms with Crippen LogP contribution < -0.4 is 5.48 Å². The van der Waals surface area contributed by atoms with Crippen molar-refractivity contribution < 1.29 is 14.8 Å². The maximum atomic E-state index is 13.2. The van der Waals surface area contributed by atoms with Gasteiger partial charge in [-0.2, -0.15) is 0 Å². The van der Waals surface area contributed by atoms with E-state index in [2.05, 4.69) is 9.88 Å². The van der Waals surface area contributed by atoms with E-state index in [0.717, 1.165) is 47.0 Å². The number of amides is 1. The molecule has 1 aliphatic heterocycles. The van der Waals surface area contributed by atoms with Gasteiger partial charge in [-0.3, -0.25) is 19.7 Å². The number of hydrogen-bond donors (Lipinski definition) is 3. The van der Waals surface area contributed by atoms with E-state index in [1.165, 1.54) is 6.08 Å². The summed E-state index contributed by atoms with van der Waals surface area (Å²) in [6.45, 7) is 1.61. The molecule has 6 nitrogen and oxygen atoms in total. The number of para-hydroxylation sites is 1. The first-order valence-corrected chi connectivity index (χ1v) is 9.71. The highest BCUT2D eigenvalue weighted by Gasteiger charge is 2.32. The van der Waals surface area contributed by atoms with Gasteiger partial charge in [0.25, 0.3) is 5.91 Å². The number of aromatic amines is 1. The predicted octanol–water partition coefficient (Wildman–Crippen LogP) is 3.53. The predicted molar refractivity (Wildman–Crippen MR) is 111 cm³/mol. The van der Waals surface area contributed by atoms with Gasteiger partial charge < -0.3 is 4.98 Å². The van der Waals surface area contributed by atoms with Crippen LogP contribution in [0.3, 0.4) is 0 Å². The molecular formula is C23H23N3O3. The second kappa shape index (κ2) is 8.43.